The Morgan fingerprint density at radius 2 is 2.05 bits per heavy atom. The van der Waals surface area contributed by atoms with Gasteiger partial charge in [0.05, 0.1) is 5.54 Å². The molecule has 0 radical (unpaired) electrons. The first-order valence-corrected chi connectivity index (χ1v) is 7.71. The van der Waals surface area contributed by atoms with E-state index in [-0.39, 0.29) is 29.2 Å². The Bertz CT molecular complexity index is 718. The Hall–Kier alpha value is -1.38. The zero-order valence-electron chi connectivity index (χ0n) is 10.7. The number of hydrogen-bond donors (Lipinski definition) is 1. The van der Waals surface area contributed by atoms with E-state index in [1.807, 2.05) is 0 Å². The van der Waals surface area contributed by atoms with Crippen molar-refractivity contribution in [2.45, 2.75) is 29.9 Å². The molecule has 9 heteroatoms. The maximum absolute atomic E-state index is 11.3. The van der Waals surface area contributed by atoms with Crippen LogP contribution < -0.4 is 5.73 Å². The molecule has 0 amide bonds. The van der Waals surface area contributed by atoms with Crippen LogP contribution in [0.5, 0.6) is 0 Å². The molecule has 0 atom stereocenters. The quantitative estimate of drug-likeness (QED) is 0.911. The molecule has 20 heavy (non-hydrogen) atoms. The Morgan fingerprint density at radius 1 is 1.35 bits per heavy atom. The molecular weight excluding hydrogens is 306 g/mol. The van der Waals surface area contributed by atoms with Gasteiger partial charge in [0.1, 0.15) is 0 Å². The molecule has 1 aliphatic carbocycles. The number of furan rings is 1. The molecule has 0 aromatic carbocycles. The minimum absolute atomic E-state index is 0. The SMILES string of the molecule is CS(=O)(=O)c1ccc(-c2nc(C3(N)CCC3)no2)o1.Cl. The van der Waals surface area contributed by atoms with Gasteiger partial charge in [-0.25, -0.2) is 8.42 Å². The maximum Gasteiger partial charge on any atom is 0.293 e. The van der Waals surface area contributed by atoms with Gasteiger partial charge < -0.3 is 14.7 Å². The van der Waals surface area contributed by atoms with E-state index in [2.05, 4.69) is 10.1 Å². The monoisotopic (exact) mass is 319 g/mol. The average Bonchev–Trinajstić information content (AvgIpc) is 2.93. The average molecular weight is 320 g/mol. The van der Waals surface area contributed by atoms with Gasteiger partial charge in [0.15, 0.2) is 11.6 Å². The van der Waals surface area contributed by atoms with E-state index in [0.29, 0.717) is 5.82 Å². The third kappa shape index (κ3) is 2.46. The van der Waals surface area contributed by atoms with Gasteiger partial charge in [-0.1, -0.05) is 5.16 Å². The fraction of sp³-hybridized carbons (Fsp3) is 0.455. The summed E-state index contributed by atoms with van der Waals surface area (Å²) in [6.07, 6.45) is 3.74. The molecule has 1 aliphatic rings. The number of nitrogens with two attached hydrogens (primary N) is 1. The zero-order chi connectivity index (χ0) is 13.7. The summed E-state index contributed by atoms with van der Waals surface area (Å²) in [5, 5.41) is 3.71. The Kier molecular flexibility index (Phi) is 3.66. The smallest absolute Gasteiger partial charge is 0.293 e. The normalized spacial score (nSPS) is 17.3. The van der Waals surface area contributed by atoms with Gasteiger partial charge in [-0.15, -0.1) is 12.4 Å². The lowest BCUT2D eigenvalue weighted by atomic mass is 9.77. The predicted molar refractivity (Wildman–Crippen MR) is 72.1 cm³/mol. The summed E-state index contributed by atoms with van der Waals surface area (Å²) in [5.74, 6) is 0.801. The highest BCUT2D eigenvalue weighted by Crippen LogP contribution is 2.37. The number of hydrogen-bond acceptors (Lipinski definition) is 7. The second kappa shape index (κ2) is 4.87. The van der Waals surface area contributed by atoms with Gasteiger partial charge in [-0.2, -0.15) is 4.98 Å². The first-order valence-electron chi connectivity index (χ1n) is 5.82. The van der Waals surface area contributed by atoms with Gasteiger partial charge in [0, 0.05) is 6.26 Å². The van der Waals surface area contributed by atoms with Crippen LogP contribution in [0.1, 0.15) is 25.1 Å². The van der Waals surface area contributed by atoms with E-state index in [1.165, 1.54) is 12.1 Å². The van der Waals surface area contributed by atoms with Crippen molar-refractivity contribution in [2.75, 3.05) is 6.26 Å². The Balaban J connectivity index is 0.00000147. The van der Waals surface area contributed by atoms with Crippen molar-refractivity contribution in [1.29, 1.82) is 0 Å². The third-order valence-electron chi connectivity index (χ3n) is 3.27. The van der Waals surface area contributed by atoms with Crippen molar-refractivity contribution in [3.8, 4) is 11.7 Å². The van der Waals surface area contributed by atoms with Crippen LogP contribution in [0, 0.1) is 0 Å². The van der Waals surface area contributed by atoms with E-state index in [4.69, 9.17) is 14.7 Å². The van der Waals surface area contributed by atoms with Gasteiger partial charge in [0.25, 0.3) is 5.89 Å². The lowest BCUT2D eigenvalue weighted by Gasteiger charge is -2.34. The molecule has 0 saturated heterocycles. The van der Waals surface area contributed by atoms with E-state index < -0.39 is 15.4 Å². The van der Waals surface area contributed by atoms with E-state index in [0.717, 1.165) is 25.5 Å². The molecule has 1 fully saturated rings. The lowest BCUT2D eigenvalue weighted by Crippen LogP contribution is -2.44. The van der Waals surface area contributed by atoms with Crippen LogP contribution in [0.15, 0.2) is 26.2 Å². The molecule has 0 bridgehead atoms. The number of halogens is 1. The second-order valence-electron chi connectivity index (χ2n) is 4.82. The van der Waals surface area contributed by atoms with Gasteiger partial charge >= 0.3 is 0 Å². The van der Waals surface area contributed by atoms with Crippen molar-refractivity contribution in [3.63, 3.8) is 0 Å². The lowest BCUT2D eigenvalue weighted by molar-refractivity contribution is 0.229. The van der Waals surface area contributed by atoms with Crippen LogP contribution in [-0.2, 0) is 15.4 Å². The number of nitrogens with zero attached hydrogens (tertiary/aromatic N) is 2. The van der Waals surface area contributed by atoms with Gasteiger partial charge in [0.2, 0.25) is 14.9 Å². The van der Waals surface area contributed by atoms with Gasteiger partial charge in [-0.05, 0) is 31.4 Å². The minimum Gasteiger partial charge on any atom is -0.440 e. The zero-order valence-corrected chi connectivity index (χ0v) is 12.3. The molecule has 1 saturated carbocycles. The standard InChI is InChI=1S/C11H13N3O4S.ClH/c1-19(15,16)8-4-3-7(17-8)9-13-10(14-18-9)11(12)5-2-6-11;/h3-4H,2,5-6,12H2,1H3;1H. The molecule has 110 valence electrons. The summed E-state index contributed by atoms with van der Waals surface area (Å²) in [5.41, 5.74) is 5.56. The fourth-order valence-electron chi connectivity index (χ4n) is 1.94. The van der Waals surface area contributed by atoms with Crippen LogP contribution in [0.3, 0.4) is 0 Å². The molecule has 3 rings (SSSR count). The molecule has 7 nitrogen and oxygen atoms in total. The summed E-state index contributed by atoms with van der Waals surface area (Å²) in [6, 6.07) is 2.84. The third-order valence-corrected chi connectivity index (χ3v) is 4.23. The highest BCUT2D eigenvalue weighted by atomic mass is 35.5. The van der Waals surface area contributed by atoms with Gasteiger partial charge in [-0.3, -0.25) is 0 Å². The Labute approximate surface area is 121 Å². The molecular formula is C11H14ClN3O4S. The fourth-order valence-corrected chi connectivity index (χ4v) is 2.50. The van der Waals surface area contributed by atoms with E-state index in [9.17, 15) is 8.42 Å². The number of aromatic nitrogens is 2. The van der Waals surface area contributed by atoms with Crippen molar-refractivity contribution in [2.24, 2.45) is 5.73 Å². The number of rotatable bonds is 3. The summed E-state index contributed by atoms with van der Waals surface area (Å²) in [4.78, 5) is 4.18. The van der Waals surface area contributed by atoms with Crippen LogP contribution in [0.25, 0.3) is 11.7 Å². The molecule has 2 N–H and O–H groups in total. The van der Waals surface area contributed by atoms with Crippen LogP contribution in [0.2, 0.25) is 0 Å². The van der Waals surface area contributed by atoms with Crippen LogP contribution in [-0.4, -0.2) is 24.8 Å². The summed E-state index contributed by atoms with van der Waals surface area (Å²) in [7, 11) is -3.39. The molecule has 0 aliphatic heterocycles. The second-order valence-corrected chi connectivity index (χ2v) is 6.77. The largest absolute Gasteiger partial charge is 0.440 e. The van der Waals surface area contributed by atoms with Crippen molar-refractivity contribution >= 4 is 22.2 Å². The van der Waals surface area contributed by atoms with Crippen molar-refractivity contribution in [1.82, 2.24) is 10.1 Å². The summed E-state index contributed by atoms with van der Waals surface area (Å²) >= 11 is 0. The van der Waals surface area contributed by atoms with Crippen LogP contribution in [0.4, 0.5) is 0 Å². The van der Waals surface area contributed by atoms with Crippen molar-refractivity contribution < 1.29 is 17.4 Å². The molecule has 2 aromatic rings. The topological polar surface area (TPSA) is 112 Å². The first kappa shape index (κ1) is 15.0. The predicted octanol–water partition coefficient (Wildman–Crippen LogP) is 1.49. The highest BCUT2D eigenvalue weighted by Gasteiger charge is 2.39. The summed E-state index contributed by atoms with van der Waals surface area (Å²) < 4.78 is 32.9. The maximum atomic E-state index is 11.3. The highest BCUT2D eigenvalue weighted by molar-refractivity contribution is 7.90. The number of sulfone groups is 1. The molecule has 0 unspecified atom stereocenters. The Morgan fingerprint density at radius 3 is 2.55 bits per heavy atom. The van der Waals surface area contributed by atoms with Crippen molar-refractivity contribution in [3.05, 3.63) is 18.0 Å². The first-order chi connectivity index (χ1) is 8.88. The summed E-state index contributed by atoms with van der Waals surface area (Å²) in [6.45, 7) is 0. The molecule has 2 heterocycles. The minimum atomic E-state index is -3.39. The molecule has 2 aromatic heterocycles. The van der Waals surface area contributed by atoms with E-state index in [1.54, 1.807) is 0 Å². The molecule has 0 spiro atoms. The van der Waals surface area contributed by atoms with E-state index >= 15 is 0 Å². The van der Waals surface area contributed by atoms with Crippen LogP contribution >= 0.6 is 12.4 Å².